The molecule has 6 heteroatoms. The normalized spacial score (nSPS) is 12.4. The summed E-state index contributed by atoms with van der Waals surface area (Å²) in [6, 6.07) is 5.06. The third-order valence-electron chi connectivity index (χ3n) is 3.04. The van der Waals surface area contributed by atoms with Gasteiger partial charge in [-0.1, -0.05) is 0 Å². The van der Waals surface area contributed by atoms with E-state index in [1.165, 1.54) is 0 Å². The van der Waals surface area contributed by atoms with Crippen LogP contribution in [0.5, 0.6) is 0 Å². The van der Waals surface area contributed by atoms with Crippen molar-refractivity contribution >= 4 is 5.82 Å². The van der Waals surface area contributed by atoms with Crippen LogP contribution in [0.2, 0.25) is 0 Å². The average molecular weight is 281 g/mol. The van der Waals surface area contributed by atoms with Crippen LogP contribution in [0.1, 0.15) is 17.2 Å². The van der Waals surface area contributed by atoms with Crippen molar-refractivity contribution in [3.8, 4) is 0 Å². The van der Waals surface area contributed by atoms with Gasteiger partial charge in [-0.25, -0.2) is 18.2 Å². The van der Waals surface area contributed by atoms with Gasteiger partial charge >= 0.3 is 0 Å². The minimum Gasteiger partial charge on any atom is -0.384 e. The first-order chi connectivity index (χ1) is 9.51. The van der Waals surface area contributed by atoms with Crippen molar-refractivity contribution in [2.45, 2.75) is 12.5 Å². The monoisotopic (exact) mass is 281 g/mol. The first kappa shape index (κ1) is 14.3. The van der Waals surface area contributed by atoms with Gasteiger partial charge in [0.2, 0.25) is 0 Å². The van der Waals surface area contributed by atoms with Gasteiger partial charge in [0.15, 0.2) is 17.5 Å². The van der Waals surface area contributed by atoms with E-state index in [4.69, 9.17) is 5.73 Å². The van der Waals surface area contributed by atoms with Crippen molar-refractivity contribution in [2.24, 2.45) is 0 Å². The molecule has 0 aliphatic carbocycles. The van der Waals surface area contributed by atoms with E-state index >= 15 is 0 Å². The predicted molar refractivity (Wildman–Crippen MR) is 70.5 cm³/mol. The second-order valence-electron chi connectivity index (χ2n) is 4.43. The van der Waals surface area contributed by atoms with Crippen LogP contribution in [-0.4, -0.2) is 12.0 Å². The number of halogens is 3. The fraction of sp³-hybridized carbons (Fsp3) is 0.214. The van der Waals surface area contributed by atoms with Crippen LogP contribution in [0.4, 0.5) is 19.0 Å². The van der Waals surface area contributed by atoms with E-state index in [1.54, 1.807) is 25.4 Å². The molecule has 1 atom stereocenters. The van der Waals surface area contributed by atoms with E-state index in [9.17, 15) is 13.2 Å². The lowest BCUT2D eigenvalue weighted by molar-refractivity contribution is 0.441. The molecule has 0 spiro atoms. The maximum atomic E-state index is 13.3. The summed E-state index contributed by atoms with van der Waals surface area (Å²) in [7, 11) is 1.66. The highest BCUT2D eigenvalue weighted by Crippen LogP contribution is 2.22. The number of nitrogens with zero attached hydrogens (tertiary/aromatic N) is 1. The number of anilines is 1. The first-order valence-electron chi connectivity index (χ1n) is 6.03. The molecule has 1 unspecified atom stereocenters. The molecule has 0 amide bonds. The van der Waals surface area contributed by atoms with E-state index in [-0.39, 0.29) is 6.04 Å². The Kier molecular flexibility index (Phi) is 4.24. The van der Waals surface area contributed by atoms with Crippen molar-refractivity contribution in [3.05, 3.63) is 59.0 Å². The van der Waals surface area contributed by atoms with E-state index in [1.807, 2.05) is 0 Å². The molecule has 0 saturated heterocycles. The van der Waals surface area contributed by atoms with Crippen molar-refractivity contribution in [3.63, 3.8) is 0 Å². The van der Waals surface area contributed by atoms with Crippen LogP contribution >= 0.6 is 0 Å². The molecule has 20 heavy (non-hydrogen) atoms. The largest absolute Gasteiger partial charge is 0.384 e. The standard InChI is InChI=1S/C14H14F3N3/c1-19-12(4-8-2-3-20-13(18)5-8)9-6-10(15)14(17)11(16)7-9/h2-3,5-7,12,19H,4H2,1H3,(H2,18,20). The maximum absolute atomic E-state index is 13.3. The Morgan fingerprint density at radius 3 is 2.40 bits per heavy atom. The molecule has 3 nitrogen and oxygen atoms in total. The number of nitrogens with two attached hydrogens (primary N) is 1. The molecular formula is C14H14F3N3. The number of rotatable bonds is 4. The minimum atomic E-state index is -1.46. The summed E-state index contributed by atoms with van der Waals surface area (Å²) in [6.07, 6.45) is 2.01. The average Bonchev–Trinajstić information content (AvgIpc) is 2.41. The first-order valence-corrected chi connectivity index (χ1v) is 6.03. The van der Waals surface area contributed by atoms with Crippen LogP contribution in [0.15, 0.2) is 30.5 Å². The Balaban J connectivity index is 2.29. The van der Waals surface area contributed by atoms with Gasteiger partial charge in [-0.3, -0.25) is 0 Å². The smallest absolute Gasteiger partial charge is 0.194 e. The zero-order valence-electron chi connectivity index (χ0n) is 10.8. The molecule has 2 aromatic rings. The highest BCUT2D eigenvalue weighted by Gasteiger charge is 2.16. The number of benzene rings is 1. The number of hydrogen-bond acceptors (Lipinski definition) is 3. The maximum Gasteiger partial charge on any atom is 0.194 e. The van der Waals surface area contributed by atoms with Crippen LogP contribution < -0.4 is 11.1 Å². The number of aromatic nitrogens is 1. The van der Waals surface area contributed by atoms with Gasteiger partial charge in [0, 0.05) is 12.2 Å². The molecule has 0 aliphatic rings. The number of likely N-dealkylation sites (N-methyl/N-ethyl adjacent to an activating group) is 1. The molecule has 0 radical (unpaired) electrons. The number of hydrogen-bond donors (Lipinski definition) is 2. The second-order valence-corrected chi connectivity index (χ2v) is 4.43. The molecule has 1 aromatic heterocycles. The van der Waals surface area contributed by atoms with Crippen molar-refractivity contribution in [2.75, 3.05) is 12.8 Å². The summed E-state index contributed by atoms with van der Waals surface area (Å²) in [5.74, 6) is -3.49. The second kappa shape index (κ2) is 5.92. The predicted octanol–water partition coefficient (Wildman–Crippen LogP) is 2.58. The van der Waals surface area contributed by atoms with Gasteiger partial charge in [-0.15, -0.1) is 0 Å². The SMILES string of the molecule is CNC(Cc1ccnc(N)c1)c1cc(F)c(F)c(F)c1. The van der Waals surface area contributed by atoms with Gasteiger partial charge in [0.25, 0.3) is 0 Å². The van der Waals surface area contributed by atoms with Gasteiger partial charge in [0.05, 0.1) is 0 Å². The van der Waals surface area contributed by atoms with E-state index < -0.39 is 17.5 Å². The van der Waals surface area contributed by atoms with Crippen LogP contribution in [0.25, 0.3) is 0 Å². The quantitative estimate of drug-likeness (QED) is 0.847. The van der Waals surface area contributed by atoms with Crippen LogP contribution in [-0.2, 0) is 6.42 Å². The summed E-state index contributed by atoms with van der Waals surface area (Å²) in [5.41, 5.74) is 6.78. The molecule has 0 fully saturated rings. The summed E-state index contributed by atoms with van der Waals surface area (Å²) < 4.78 is 39.5. The molecule has 2 rings (SSSR count). The molecule has 3 N–H and O–H groups in total. The summed E-state index contributed by atoms with van der Waals surface area (Å²) in [5, 5.41) is 2.94. The third-order valence-corrected chi connectivity index (χ3v) is 3.04. The van der Waals surface area contributed by atoms with Gasteiger partial charge in [-0.05, 0) is 48.9 Å². The van der Waals surface area contributed by atoms with Gasteiger partial charge in [0.1, 0.15) is 5.82 Å². The van der Waals surface area contributed by atoms with Crippen LogP contribution in [0.3, 0.4) is 0 Å². The lowest BCUT2D eigenvalue weighted by Crippen LogP contribution is -2.19. The van der Waals surface area contributed by atoms with Crippen molar-refractivity contribution < 1.29 is 13.2 Å². The van der Waals surface area contributed by atoms with Crippen molar-refractivity contribution in [1.29, 1.82) is 0 Å². The number of nitrogens with one attached hydrogen (secondary N) is 1. The Labute approximate surface area is 114 Å². The lowest BCUT2D eigenvalue weighted by atomic mass is 9.99. The topological polar surface area (TPSA) is 50.9 Å². The molecule has 0 aliphatic heterocycles. The Hall–Kier alpha value is -2.08. The fourth-order valence-corrected chi connectivity index (χ4v) is 2.02. The number of nitrogen functional groups attached to an aromatic ring is 1. The van der Waals surface area contributed by atoms with E-state index in [0.717, 1.165) is 17.7 Å². The molecule has 0 saturated carbocycles. The van der Waals surface area contributed by atoms with Crippen molar-refractivity contribution in [1.82, 2.24) is 10.3 Å². The fourth-order valence-electron chi connectivity index (χ4n) is 2.02. The zero-order valence-corrected chi connectivity index (χ0v) is 10.8. The Morgan fingerprint density at radius 2 is 1.85 bits per heavy atom. The Bertz CT molecular complexity index is 593. The highest BCUT2D eigenvalue weighted by molar-refractivity contribution is 5.33. The minimum absolute atomic E-state index is 0.333. The molecule has 106 valence electrons. The van der Waals surface area contributed by atoms with Gasteiger partial charge < -0.3 is 11.1 Å². The zero-order chi connectivity index (χ0) is 14.7. The summed E-state index contributed by atoms with van der Waals surface area (Å²) in [4.78, 5) is 3.87. The molecule has 1 heterocycles. The summed E-state index contributed by atoms with van der Waals surface area (Å²) >= 11 is 0. The number of pyridine rings is 1. The van der Waals surface area contributed by atoms with E-state index in [2.05, 4.69) is 10.3 Å². The van der Waals surface area contributed by atoms with Gasteiger partial charge in [-0.2, -0.15) is 0 Å². The summed E-state index contributed by atoms with van der Waals surface area (Å²) in [6.45, 7) is 0. The van der Waals surface area contributed by atoms with E-state index in [0.29, 0.717) is 17.8 Å². The van der Waals surface area contributed by atoms with Crippen LogP contribution in [0, 0.1) is 17.5 Å². The molecular weight excluding hydrogens is 267 g/mol. The molecule has 0 bridgehead atoms. The Morgan fingerprint density at radius 1 is 1.20 bits per heavy atom. The molecule has 1 aromatic carbocycles. The highest BCUT2D eigenvalue weighted by atomic mass is 19.2. The lowest BCUT2D eigenvalue weighted by Gasteiger charge is -2.17. The third kappa shape index (κ3) is 3.08.